The topological polar surface area (TPSA) is 146 Å². The molecule has 12 nitrogen and oxygen atoms in total. The molecule has 3 aliphatic rings. The van der Waals surface area contributed by atoms with Crippen molar-refractivity contribution in [2.24, 2.45) is 16.1 Å². The number of hydrogen-bond acceptors (Lipinski definition) is 8. The van der Waals surface area contributed by atoms with Gasteiger partial charge in [-0.2, -0.15) is 23.4 Å². The number of carbonyl (C=O) groups is 2. The minimum atomic E-state index is -4.68. The second-order valence-electron chi connectivity index (χ2n) is 15.7. The lowest BCUT2D eigenvalue weighted by Crippen LogP contribution is -2.50. The molecule has 6 radical (unpaired) electrons. The van der Waals surface area contributed by atoms with Crippen LogP contribution in [0.4, 0.5) is 18.0 Å². The third kappa shape index (κ3) is 7.49. The lowest BCUT2D eigenvalue weighted by atomic mass is 9.49. The standard InChI is InChI=1S/C36H36B3ClF3N9O3/c1-32(2,3)18-34(23-7-4-20(5-8-23)22-15-46-50(16-22)24-9-10-24)29(53)51(30(44)48-34)27(17-55-31(54)49-33(12-13-33)35(41,42)43)21-6-11-26(40)25(14-21)28-45-19-47-52(28)36(37,38)39/h4-8,11,14-16,19,24,27H,9-10,12-13,17-18H2,1-3H3,(H2,44,48)(H,49,54)/t27-,34-/m1/s1. The number of halogens is 4. The molecule has 2 atom stereocenters. The normalized spacial score (nSPS) is 20.3. The Hall–Kier alpha value is -4.73. The van der Waals surface area contributed by atoms with E-state index < -0.39 is 52.6 Å². The summed E-state index contributed by atoms with van der Waals surface area (Å²) in [7, 11) is 17.8. The molecule has 3 N–H and O–H groups in total. The summed E-state index contributed by atoms with van der Waals surface area (Å²) >= 11 is 6.62. The maximum atomic E-state index is 15.1. The number of nitrogens with two attached hydrogens (primary N) is 1. The molecule has 0 bridgehead atoms. The number of nitrogens with zero attached hydrogens (tertiary/aromatic N) is 7. The molecule has 2 saturated carbocycles. The fraction of sp³-hybridized carbons (Fsp3) is 0.444. The minimum Gasteiger partial charge on any atom is -0.447 e. The first kappa shape index (κ1) is 38.5. The molecule has 1 aliphatic heterocycles. The summed E-state index contributed by atoms with van der Waals surface area (Å²) < 4.78 is 49.6. The second kappa shape index (κ2) is 13.5. The number of amides is 2. The molecule has 2 aromatic heterocycles. The van der Waals surface area contributed by atoms with Gasteiger partial charge in [-0.1, -0.05) is 62.7 Å². The smallest absolute Gasteiger partial charge is 0.411 e. The van der Waals surface area contributed by atoms with E-state index in [9.17, 15) is 18.0 Å². The lowest BCUT2D eigenvalue weighted by Gasteiger charge is -2.35. The molecule has 2 aromatic carbocycles. The zero-order valence-corrected chi connectivity index (χ0v) is 31.1. The van der Waals surface area contributed by atoms with Gasteiger partial charge in [-0.25, -0.2) is 14.8 Å². The highest BCUT2D eigenvalue weighted by Crippen LogP contribution is 2.49. The predicted octanol–water partition coefficient (Wildman–Crippen LogP) is 5.22. The maximum absolute atomic E-state index is 15.1. The van der Waals surface area contributed by atoms with E-state index in [1.165, 1.54) is 23.4 Å². The van der Waals surface area contributed by atoms with Gasteiger partial charge in [-0.15, -0.1) is 0 Å². The van der Waals surface area contributed by atoms with Crippen LogP contribution in [-0.2, 0) is 20.3 Å². The van der Waals surface area contributed by atoms with Crippen LogP contribution in [0.3, 0.4) is 0 Å². The van der Waals surface area contributed by atoms with E-state index in [4.69, 9.17) is 50.6 Å². The van der Waals surface area contributed by atoms with Crippen LogP contribution in [0.2, 0.25) is 5.02 Å². The van der Waals surface area contributed by atoms with Crippen LogP contribution in [0.1, 0.15) is 76.1 Å². The monoisotopic (exact) mass is 767 g/mol. The molecule has 19 heteroatoms. The van der Waals surface area contributed by atoms with E-state index in [-0.39, 0.29) is 41.6 Å². The van der Waals surface area contributed by atoms with Crippen LogP contribution in [0.15, 0.2) is 66.2 Å². The van der Waals surface area contributed by atoms with Crippen molar-refractivity contribution < 1.29 is 27.5 Å². The first-order valence-corrected chi connectivity index (χ1v) is 18.0. The summed E-state index contributed by atoms with van der Waals surface area (Å²) in [4.78, 5) is 38.3. The zero-order valence-electron chi connectivity index (χ0n) is 30.3. The van der Waals surface area contributed by atoms with Crippen molar-refractivity contribution in [1.29, 1.82) is 0 Å². The highest BCUT2D eigenvalue weighted by molar-refractivity contribution is 6.56. The molecule has 2 fully saturated rings. The van der Waals surface area contributed by atoms with Crippen molar-refractivity contribution in [2.45, 2.75) is 87.5 Å². The number of aromatic nitrogens is 5. The first-order chi connectivity index (χ1) is 25.7. The summed E-state index contributed by atoms with van der Waals surface area (Å²) in [5.74, 6) is -0.671. The molecule has 3 heterocycles. The van der Waals surface area contributed by atoms with E-state index >= 15 is 4.79 Å². The second-order valence-corrected chi connectivity index (χ2v) is 16.1. The molecule has 7 rings (SSSR count). The van der Waals surface area contributed by atoms with E-state index in [0.29, 0.717) is 17.2 Å². The molecule has 280 valence electrons. The molecule has 0 saturated heterocycles. The van der Waals surface area contributed by atoms with Gasteiger partial charge >= 0.3 is 12.3 Å². The average molecular weight is 768 g/mol. The number of aliphatic imine (C=N–C) groups is 1. The van der Waals surface area contributed by atoms with E-state index in [1.54, 1.807) is 12.3 Å². The van der Waals surface area contributed by atoms with Gasteiger partial charge in [0.15, 0.2) is 17.3 Å². The van der Waals surface area contributed by atoms with Gasteiger partial charge < -0.3 is 15.8 Å². The van der Waals surface area contributed by atoms with Gasteiger partial charge in [0.05, 0.1) is 46.8 Å². The first-order valence-electron chi connectivity index (χ1n) is 17.6. The number of nitrogens with one attached hydrogen (secondary N) is 1. The van der Waals surface area contributed by atoms with Crippen LogP contribution in [0.5, 0.6) is 0 Å². The van der Waals surface area contributed by atoms with Crippen molar-refractivity contribution in [3.63, 3.8) is 0 Å². The van der Waals surface area contributed by atoms with Crippen molar-refractivity contribution in [3.8, 4) is 22.5 Å². The third-order valence-electron chi connectivity index (χ3n) is 9.98. The summed E-state index contributed by atoms with van der Waals surface area (Å²) in [6.07, 6.45) is 0.778. The Morgan fingerprint density at radius 3 is 2.36 bits per heavy atom. The quantitative estimate of drug-likeness (QED) is 0.199. The van der Waals surface area contributed by atoms with Gasteiger partial charge in [0.1, 0.15) is 18.5 Å². The van der Waals surface area contributed by atoms with Gasteiger partial charge in [-0.05, 0) is 71.6 Å². The Labute approximate surface area is 324 Å². The van der Waals surface area contributed by atoms with Crippen LogP contribution in [0, 0.1) is 5.41 Å². The van der Waals surface area contributed by atoms with Crippen molar-refractivity contribution in [1.82, 2.24) is 34.8 Å². The fourth-order valence-corrected chi connectivity index (χ4v) is 7.18. The molecule has 55 heavy (non-hydrogen) atoms. The highest BCUT2D eigenvalue weighted by Gasteiger charge is 2.64. The maximum Gasteiger partial charge on any atom is 0.411 e. The largest absolute Gasteiger partial charge is 0.447 e. The average Bonchev–Trinajstić information content (AvgIpc) is 3.96. The van der Waals surface area contributed by atoms with E-state index in [1.807, 2.05) is 61.2 Å². The Balaban J connectivity index is 1.27. The number of guanidine groups is 1. The highest BCUT2D eigenvalue weighted by atomic mass is 35.5. The van der Waals surface area contributed by atoms with Gasteiger partial charge in [0, 0.05) is 17.3 Å². The number of alkyl carbamates (subject to hydrolysis) is 1. The predicted molar refractivity (Wildman–Crippen MR) is 201 cm³/mol. The van der Waals surface area contributed by atoms with E-state index in [2.05, 4.69) is 15.2 Å². The Kier molecular flexibility index (Phi) is 9.45. The van der Waals surface area contributed by atoms with Gasteiger partial charge in [-0.3, -0.25) is 19.1 Å². The number of alkyl halides is 3. The molecule has 4 aromatic rings. The van der Waals surface area contributed by atoms with Crippen LogP contribution >= 0.6 is 11.6 Å². The summed E-state index contributed by atoms with van der Waals surface area (Å²) in [6.45, 7) is 5.26. The Morgan fingerprint density at radius 1 is 1.07 bits per heavy atom. The Morgan fingerprint density at radius 2 is 1.76 bits per heavy atom. The number of carbonyl (C=O) groups excluding carboxylic acids is 2. The SMILES string of the molecule is [B]C([B])([B])n1ncnc1-c1cc([C@@H](COC(=O)NC2(C(F)(F)F)CC2)N2C(=O)[C@@](CC(C)(C)C)(c3ccc(-c4cnn(C5CC5)c4)cc3)N=C2N)ccc1Cl. The Bertz CT molecular complexity index is 2160. The molecular formula is C36H36B3ClF3N9O3. The third-order valence-corrected chi connectivity index (χ3v) is 10.3. The lowest BCUT2D eigenvalue weighted by molar-refractivity contribution is -0.164. The van der Waals surface area contributed by atoms with Gasteiger partial charge in [0.25, 0.3) is 5.91 Å². The molecule has 2 amide bonds. The minimum absolute atomic E-state index is 0.0665. The number of rotatable bonds is 11. The fourth-order valence-electron chi connectivity index (χ4n) is 6.98. The summed E-state index contributed by atoms with van der Waals surface area (Å²) in [6, 6.07) is 11.2. The number of ether oxygens (including phenoxy) is 1. The van der Waals surface area contributed by atoms with Crippen molar-refractivity contribution >= 4 is 53.1 Å². The number of benzene rings is 2. The summed E-state index contributed by atoms with van der Waals surface area (Å²) in [5.41, 5.74) is 5.19. The van der Waals surface area contributed by atoms with Gasteiger partial charge in [0.2, 0.25) is 0 Å². The van der Waals surface area contributed by atoms with Crippen LogP contribution < -0.4 is 11.1 Å². The van der Waals surface area contributed by atoms with Crippen molar-refractivity contribution in [2.75, 3.05) is 6.61 Å². The molecule has 0 spiro atoms. The molecular weight excluding hydrogens is 731 g/mol. The van der Waals surface area contributed by atoms with E-state index in [0.717, 1.165) is 28.7 Å². The molecule has 0 unspecified atom stereocenters. The van der Waals surface area contributed by atoms with Crippen LogP contribution in [0.25, 0.3) is 22.5 Å². The van der Waals surface area contributed by atoms with Crippen molar-refractivity contribution in [3.05, 3.63) is 77.3 Å². The summed E-state index contributed by atoms with van der Waals surface area (Å²) in [5, 5.41) is 8.65. The number of hydrogen-bond donors (Lipinski definition) is 2. The molecule has 2 aliphatic carbocycles. The zero-order chi connectivity index (χ0) is 39.7. The van der Waals surface area contributed by atoms with Crippen LogP contribution in [-0.4, -0.2) is 89.3 Å².